The molecule has 2 aromatic heterocycles. The summed E-state index contributed by atoms with van der Waals surface area (Å²) in [6.07, 6.45) is 6.22. The number of carbonyl (C=O) groups is 2. The van der Waals surface area contributed by atoms with Crippen molar-refractivity contribution < 1.29 is 14.0 Å². The first-order chi connectivity index (χ1) is 17.5. The van der Waals surface area contributed by atoms with E-state index in [1.54, 1.807) is 41.6 Å². The first-order valence-corrected chi connectivity index (χ1v) is 11.7. The summed E-state index contributed by atoms with van der Waals surface area (Å²) < 4.78 is 15.4. The molecule has 3 aromatic rings. The van der Waals surface area contributed by atoms with E-state index in [4.69, 9.17) is 10.7 Å². The summed E-state index contributed by atoms with van der Waals surface area (Å²) in [5.74, 6) is -0.487. The van der Waals surface area contributed by atoms with Crippen LogP contribution in [0.15, 0.2) is 72.5 Å². The van der Waals surface area contributed by atoms with Crippen LogP contribution >= 0.6 is 0 Å². The van der Waals surface area contributed by atoms with Crippen LogP contribution in [0.2, 0.25) is 0 Å². The van der Waals surface area contributed by atoms with Gasteiger partial charge in [-0.25, -0.2) is 14.4 Å². The molecular formula is C27H25FN6O2. The molecule has 0 aliphatic carbocycles. The number of piperidine rings is 1. The Hall–Kier alpha value is -4.40. The Kier molecular flexibility index (Phi) is 6.28. The molecule has 0 radical (unpaired) electrons. The highest BCUT2D eigenvalue weighted by Gasteiger charge is 2.37. The highest BCUT2D eigenvalue weighted by molar-refractivity contribution is 6.18. The van der Waals surface area contributed by atoms with Crippen LogP contribution in [0.25, 0.3) is 0 Å². The van der Waals surface area contributed by atoms with Crippen LogP contribution in [-0.2, 0) is 4.79 Å². The molecule has 36 heavy (non-hydrogen) atoms. The Morgan fingerprint density at radius 1 is 1.17 bits per heavy atom. The summed E-state index contributed by atoms with van der Waals surface area (Å²) in [5, 5.41) is 2.65. The smallest absolute Gasteiger partial charge is 0.256 e. The zero-order valence-corrected chi connectivity index (χ0v) is 19.5. The minimum atomic E-state index is -0.593. The Bertz CT molecular complexity index is 1370. The second kappa shape index (κ2) is 9.69. The number of likely N-dealkylation sites (tertiary alicyclic amines) is 1. The minimum absolute atomic E-state index is 0.0483. The average molecular weight is 485 g/mol. The highest BCUT2D eigenvalue weighted by atomic mass is 19.1. The van der Waals surface area contributed by atoms with Crippen molar-refractivity contribution in [3.63, 3.8) is 0 Å². The lowest BCUT2D eigenvalue weighted by molar-refractivity contribution is -0.127. The summed E-state index contributed by atoms with van der Waals surface area (Å²) in [6.45, 7) is 4.80. The van der Waals surface area contributed by atoms with Crippen LogP contribution < -0.4 is 11.1 Å². The molecule has 9 heteroatoms. The zero-order valence-electron chi connectivity index (χ0n) is 19.5. The van der Waals surface area contributed by atoms with Crippen molar-refractivity contribution in [1.82, 2.24) is 14.9 Å². The summed E-state index contributed by atoms with van der Waals surface area (Å²) in [4.78, 5) is 39.8. The molecule has 4 heterocycles. The number of nitrogens with zero attached hydrogens (tertiary/aromatic N) is 4. The Labute approximate surface area is 207 Å². The molecule has 2 atom stereocenters. The average Bonchev–Trinajstić information content (AvgIpc) is 3.29. The number of hydrogen-bond donors (Lipinski definition) is 2. The van der Waals surface area contributed by atoms with Crippen molar-refractivity contribution in [2.75, 3.05) is 24.1 Å². The number of nitrogens with one attached hydrogen (secondary N) is 1. The predicted octanol–water partition coefficient (Wildman–Crippen LogP) is 3.77. The number of carbonyl (C=O) groups excluding carboxylic acids is 2. The van der Waals surface area contributed by atoms with Crippen molar-refractivity contribution in [2.45, 2.75) is 18.9 Å². The molecule has 2 aliphatic rings. The standard InChI is InChI=1S/C27H25FN6O2/c1-2-22(35)34-13-5-6-17(15-34)24-19-10-12-31-26(29)23(19)25(33-24)18-9-8-16(14-20(18)28)27(36)32-21-7-3-4-11-30-21/h2-4,7-12,14,17,24H,1,5-6,13,15H2,(H2,29,31)(H,30,32,36). The third-order valence-corrected chi connectivity index (χ3v) is 6.62. The largest absolute Gasteiger partial charge is 0.383 e. The first kappa shape index (κ1) is 23.3. The number of rotatable bonds is 5. The molecule has 2 amide bonds. The van der Waals surface area contributed by atoms with Gasteiger partial charge < -0.3 is 16.0 Å². The number of anilines is 2. The van der Waals surface area contributed by atoms with Gasteiger partial charge in [-0.1, -0.05) is 12.6 Å². The maximum Gasteiger partial charge on any atom is 0.256 e. The van der Waals surface area contributed by atoms with Gasteiger partial charge in [0.2, 0.25) is 5.91 Å². The molecule has 1 fully saturated rings. The van der Waals surface area contributed by atoms with Crippen molar-refractivity contribution in [1.29, 1.82) is 0 Å². The predicted molar refractivity (Wildman–Crippen MR) is 135 cm³/mol. The number of fused-ring (bicyclic) bond motifs is 1. The van der Waals surface area contributed by atoms with Gasteiger partial charge in [-0.15, -0.1) is 0 Å². The van der Waals surface area contributed by atoms with E-state index in [1.165, 1.54) is 18.2 Å². The maximum atomic E-state index is 15.4. The van der Waals surface area contributed by atoms with Crippen LogP contribution in [0.3, 0.4) is 0 Å². The third kappa shape index (κ3) is 4.35. The monoisotopic (exact) mass is 484 g/mol. The molecule has 0 saturated carbocycles. The number of nitrogens with two attached hydrogens (primary N) is 1. The van der Waals surface area contributed by atoms with Gasteiger partial charge in [-0.05, 0) is 60.9 Å². The number of benzene rings is 1. The third-order valence-electron chi connectivity index (χ3n) is 6.62. The van der Waals surface area contributed by atoms with Gasteiger partial charge in [0.1, 0.15) is 17.5 Å². The van der Waals surface area contributed by atoms with E-state index in [2.05, 4.69) is 21.9 Å². The Morgan fingerprint density at radius 3 is 2.78 bits per heavy atom. The van der Waals surface area contributed by atoms with Crippen molar-refractivity contribution >= 4 is 29.2 Å². The van der Waals surface area contributed by atoms with Crippen LogP contribution in [-0.4, -0.2) is 45.5 Å². The van der Waals surface area contributed by atoms with Gasteiger partial charge in [0, 0.05) is 48.1 Å². The molecule has 3 N–H and O–H groups in total. The number of aliphatic imine (C=N–C) groups is 1. The minimum Gasteiger partial charge on any atom is -0.383 e. The van der Waals surface area contributed by atoms with Crippen LogP contribution in [0.1, 0.15) is 45.9 Å². The topological polar surface area (TPSA) is 114 Å². The second-order valence-electron chi connectivity index (χ2n) is 8.84. The summed E-state index contributed by atoms with van der Waals surface area (Å²) in [5.41, 5.74) is 8.50. The summed E-state index contributed by atoms with van der Waals surface area (Å²) >= 11 is 0. The van der Waals surface area contributed by atoms with Crippen LogP contribution in [0.5, 0.6) is 0 Å². The van der Waals surface area contributed by atoms with Gasteiger partial charge in [-0.2, -0.15) is 0 Å². The fourth-order valence-electron chi connectivity index (χ4n) is 4.91. The van der Waals surface area contributed by atoms with Gasteiger partial charge in [0.15, 0.2) is 0 Å². The molecule has 2 aliphatic heterocycles. The van der Waals surface area contributed by atoms with Crippen molar-refractivity contribution in [3.05, 3.63) is 95.6 Å². The molecule has 1 aromatic carbocycles. The lowest BCUT2D eigenvalue weighted by Gasteiger charge is -2.34. The zero-order chi connectivity index (χ0) is 25.2. The quantitative estimate of drug-likeness (QED) is 0.535. The van der Waals surface area contributed by atoms with E-state index >= 15 is 4.39 Å². The Balaban J connectivity index is 1.47. The molecule has 5 rings (SSSR count). The second-order valence-corrected chi connectivity index (χ2v) is 8.84. The van der Waals surface area contributed by atoms with Gasteiger partial charge in [0.05, 0.1) is 11.8 Å². The highest BCUT2D eigenvalue weighted by Crippen LogP contribution is 2.42. The Morgan fingerprint density at radius 2 is 2.03 bits per heavy atom. The number of amides is 2. The fraction of sp³-hybridized carbons (Fsp3) is 0.222. The molecular weight excluding hydrogens is 459 g/mol. The van der Waals surface area contributed by atoms with Crippen LogP contribution in [0, 0.1) is 11.7 Å². The number of halogens is 1. The summed E-state index contributed by atoms with van der Waals surface area (Å²) in [7, 11) is 0. The van der Waals surface area contributed by atoms with E-state index < -0.39 is 11.7 Å². The molecule has 2 unspecified atom stereocenters. The lowest BCUT2D eigenvalue weighted by Crippen LogP contribution is -2.40. The number of pyridine rings is 2. The molecule has 182 valence electrons. The normalized spacial score (nSPS) is 18.8. The summed E-state index contributed by atoms with van der Waals surface area (Å²) in [6, 6.07) is 11.0. The van der Waals surface area contributed by atoms with E-state index in [1.807, 2.05) is 6.07 Å². The molecule has 0 bridgehead atoms. The first-order valence-electron chi connectivity index (χ1n) is 11.7. The molecule has 1 saturated heterocycles. The van der Waals surface area contributed by atoms with E-state index in [-0.39, 0.29) is 34.8 Å². The van der Waals surface area contributed by atoms with E-state index in [0.717, 1.165) is 18.4 Å². The fourth-order valence-corrected chi connectivity index (χ4v) is 4.91. The van der Waals surface area contributed by atoms with Crippen LogP contribution in [0.4, 0.5) is 16.0 Å². The van der Waals surface area contributed by atoms with Gasteiger partial charge in [0.25, 0.3) is 5.91 Å². The van der Waals surface area contributed by atoms with E-state index in [9.17, 15) is 9.59 Å². The van der Waals surface area contributed by atoms with E-state index in [0.29, 0.717) is 30.2 Å². The van der Waals surface area contributed by atoms with Crippen molar-refractivity contribution in [2.24, 2.45) is 10.9 Å². The number of aromatic nitrogens is 2. The van der Waals surface area contributed by atoms with Crippen molar-refractivity contribution in [3.8, 4) is 0 Å². The number of hydrogen-bond acceptors (Lipinski definition) is 6. The SMILES string of the molecule is C=CC(=O)N1CCCC(C2N=C(c3ccc(C(=O)Nc4ccccn4)cc3F)c3c2ccnc3N)C1. The lowest BCUT2D eigenvalue weighted by atomic mass is 9.86. The number of nitrogen functional groups attached to an aromatic ring is 1. The van der Waals surface area contributed by atoms with Gasteiger partial charge >= 0.3 is 0 Å². The molecule has 0 spiro atoms. The maximum absolute atomic E-state index is 15.4. The molecule has 8 nitrogen and oxygen atoms in total. The van der Waals surface area contributed by atoms with Gasteiger partial charge in [-0.3, -0.25) is 14.6 Å².